The molecule has 0 bridgehead atoms. The molecular weight excluding hydrogens is 270 g/mol. The number of hydrogen-bond acceptors (Lipinski definition) is 4. The Labute approximate surface area is 124 Å². The van der Waals surface area contributed by atoms with Crippen LogP contribution in [0.3, 0.4) is 0 Å². The second-order valence-corrected chi connectivity index (χ2v) is 5.39. The van der Waals surface area contributed by atoms with Crippen LogP contribution in [-0.2, 0) is 19.1 Å². The van der Waals surface area contributed by atoms with Crippen LogP contribution in [0.15, 0.2) is 18.2 Å². The first-order valence-electron chi connectivity index (χ1n) is 7.17. The molecule has 1 saturated heterocycles. The summed E-state index contributed by atoms with van der Waals surface area (Å²) in [4.78, 5) is 23.9. The van der Waals surface area contributed by atoms with Crippen LogP contribution >= 0.6 is 0 Å². The summed E-state index contributed by atoms with van der Waals surface area (Å²) in [6.45, 7) is 6.05. The molecule has 1 fully saturated rings. The van der Waals surface area contributed by atoms with Gasteiger partial charge in [0.15, 0.2) is 12.2 Å². The molecule has 5 heteroatoms. The third-order valence-electron chi connectivity index (χ3n) is 3.49. The maximum atomic E-state index is 12.1. The monoisotopic (exact) mass is 291 g/mol. The van der Waals surface area contributed by atoms with Gasteiger partial charge in [0.1, 0.15) is 0 Å². The Kier molecular flexibility index (Phi) is 4.96. The van der Waals surface area contributed by atoms with E-state index in [-0.39, 0.29) is 5.91 Å². The van der Waals surface area contributed by atoms with Crippen molar-refractivity contribution in [2.24, 2.45) is 0 Å². The standard InChI is InChI=1S/C16H21NO4/c1-10-6-7-13(11(2)9-10)17-15(18)12(3)21-16(19)14-5-4-8-20-14/h6-7,9,12,14H,4-5,8H2,1-3H3,(H,17,18)/t12-,14-/m0/s1. The average molecular weight is 291 g/mol. The Morgan fingerprint density at radius 1 is 1.38 bits per heavy atom. The molecule has 1 amide bonds. The van der Waals surface area contributed by atoms with E-state index < -0.39 is 18.2 Å². The van der Waals surface area contributed by atoms with Crippen molar-refractivity contribution in [2.45, 2.75) is 45.8 Å². The number of amides is 1. The van der Waals surface area contributed by atoms with Crippen LogP contribution in [0.4, 0.5) is 5.69 Å². The molecule has 2 atom stereocenters. The number of ether oxygens (including phenoxy) is 2. The molecule has 1 aromatic carbocycles. The van der Waals surface area contributed by atoms with E-state index in [1.165, 1.54) is 0 Å². The zero-order chi connectivity index (χ0) is 15.4. The summed E-state index contributed by atoms with van der Waals surface area (Å²) in [5.41, 5.74) is 2.83. The minimum atomic E-state index is -0.845. The van der Waals surface area contributed by atoms with Gasteiger partial charge in [0.2, 0.25) is 0 Å². The lowest BCUT2D eigenvalue weighted by Gasteiger charge is -2.16. The van der Waals surface area contributed by atoms with Crippen LogP contribution in [0.1, 0.15) is 30.9 Å². The van der Waals surface area contributed by atoms with Gasteiger partial charge in [-0.3, -0.25) is 4.79 Å². The Bertz CT molecular complexity index is 535. The highest BCUT2D eigenvalue weighted by molar-refractivity contribution is 5.95. The molecule has 114 valence electrons. The van der Waals surface area contributed by atoms with Crippen LogP contribution in [0.5, 0.6) is 0 Å². The van der Waals surface area contributed by atoms with Gasteiger partial charge < -0.3 is 14.8 Å². The number of rotatable bonds is 4. The zero-order valence-electron chi connectivity index (χ0n) is 12.6. The number of aryl methyl sites for hydroxylation is 2. The van der Waals surface area contributed by atoms with Gasteiger partial charge in [0.05, 0.1) is 0 Å². The molecule has 0 unspecified atom stereocenters. The SMILES string of the molecule is Cc1ccc(NC(=O)[C@H](C)OC(=O)[C@@H]2CCCO2)c(C)c1. The van der Waals surface area contributed by atoms with Gasteiger partial charge in [-0.05, 0) is 45.2 Å². The molecule has 1 aliphatic rings. The quantitative estimate of drug-likeness (QED) is 0.865. The summed E-state index contributed by atoms with van der Waals surface area (Å²) < 4.78 is 10.4. The Hall–Kier alpha value is -1.88. The molecule has 1 aliphatic heterocycles. The minimum absolute atomic E-state index is 0.340. The second-order valence-electron chi connectivity index (χ2n) is 5.39. The number of hydrogen-bond donors (Lipinski definition) is 1. The van der Waals surface area contributed by atoms with E-state index in [0.717, 1.165) is 23.2 Å². The lowest BCUT2D eigenvalue weighted by Crippen LogP contribution is -2.34. The molecule has 0 radical (unpaired) electrons. The Balaban J connectivity index is 1.91. The number of carbonyl (C=O) groups excluding carboxylic acids is 2. The van der Waals surface area contributed by atoms with E-state index in [9.17, 15) is 9.59 Å². The molecular formula is C16H21NO4. The average Bonchev–Trinajstić information content (AvgIpc) is 2.95. The fraction of sp³-hybridized carbons (Fsp3) is 0.500. The van der Waals surface area contributed by atoms with Crippen LogP contribution < -0.4 is 5.32 Å². The molecule has 1 heterocycles. The van der Waals surface area contributed by atoms with E-state index in [0.29, 0.717) is 13.0 Å². The topological polar surface area (TPSA) is 64.6 Å². The van der Waals surface area contributed by atoms with Crippen LogP contribution in [-0.4, -0.2) is 30.7 Å². The van der Waals surface area contributed by atoms with E-state index >= 15 is 0 Å². The first-order chi connectivity index (χ1) is 9.97. The maximum absolute atomic E-state index is 12.1. The van der Waals surface area contributed by atoms with Gasteiger partial charge in [0.25, 0.3) is 5.91 Å². The molecule has 5 nitrogen and oxygen atoms in total. The van der Waals surface area contributed by atoms with E-state index in [1.807, 2.05) is 32.0 Å². The summed E-state index contributed by atoms with van der Waals surface area (Å²) in [5.74, 6) is -0.802. The lowest BCUT2D eigenvalue weighted by atomic mass is 10.1. The highest BCUT2D eigenvalue weighted by Gasteiger charge is 2.28. The van der Waals surface area contributed by atoms with Crippen LogP contribution in [0.2, 0.25) is 0 Å². The van der Waals surface area contributed by atoms with Gasteiger partial charge in [-0.2, -0.15) is 0 Å². The Morgan fingerprint density at radius 2 is 2.14 bits per heavy atom. The smallest absolute Gasteiger partial charge is 0.336 e. The van der Waals surface area contributed by atoms with Crippen molar-refractivity contribution in [2.75, 3.05) is 11.9 Å². The first kappa shape index (κ1) is 15.5. The fourth-order valence-corrected chi connectivity index (χ4v) is 2.26. The maximum Gasteiger partial charge on any atom is 0.336 e. The summed E-state index contributed by atoms with van der Waals surface area (Å²) in [5, 5.41) is 2.78. The predicted molar refractivity (Wildman–Crippen MR) is 79.1 cm³/mol. The molecule has 0 aliphatic carbocycles. The first-order valence-corrected chi connectivity index (χ1v) is 7.17. The third-order valence-corrected chi connectivity index (χ3v) is 3.49. The molecule has 1 N–H and O–H groups in total. The van der Waals surface area contributed by atoms with Crippen molar-refractivity contribution in [3.05, 3.63) is 29.3 Å². The summed E-state index contributed by atoms with van der Waals surface area (Å²) in [6.07, 6.45) is 0.136. The normalized spacial score (nSPS) is 19.1. The number of anilines is 1. The van der Waals surface area contributed by atoms with Crippen molar-refractivity contribution in [1.29, 1.82) is 0 Å². The van der Waals surface area contributed by atoms with Gasteiger partial charge in [-0.15, -0.1) is 0 Å². The summed E-state index contributed by atoms with van der Waals surface area (Å²) in [7, 11) is 0. The van der Waals surface area contributed by atoms with Crippen molar-refractivity contribution in [1.82, 2.24) is 0 Å². The van der Waals surface area contributed by atoms with E-state index in [1.54, 1.807) is 6.92 Å². The largest absolute Gasteiger partial charge is 0.451 e. The van der Waals surface area contributed by atoms with E-state index in [2.05, 4.69) is 5.32 Å². The minimum Gasteiger partial charge on any atom is -0.451 e. The van der Waals surface area contributed by atoms with Crippen molar-refractivity contribution in [3.63, 3.8) is 0 Å². The van der Waals surface area contributed by atoms with Gasteiger partial charge in [-0.1, -0.05) is 17.7 Å². The highest BCUT2D eigenvalue weighted by atomic mass is 16.6. The predicted octanol–water partition coefficient (Wildman–Crippen LogP) is 2.35. The summed E-state index contributed by atoms with van der Waals surface area (Å²) in [6, 6.07) is 5.75. The fourth-order valence-electron chi connectivity index (χ4n) is 2.26. The number of nitrogens with one attached hydrogen (secondary N) is 1. The second kappa shape index (κ2) is 6.72. The molecule has 0 spiro atoms. The van der Waals surface area contributed by atoms with Crippen LogP contribution in [0, 0.1) is 13.8 Å². The molecule has 0 saturated carbocycles. The molecule has 1 aromatic rings. The third kappa shape index (κ3) is 4.04. The van der Waals surface area contributed by atoms with Crippen molar-refractivity contribution >= 4 is 17.6 Å². The van der Waals surface area contributed by atoms with Crippen molar-refractivity contribution < 1.29 is 19.1 Å². The summed E-state index contributed by atoms with van der Waals surface area (Å²) >= 11 is 0. The van der Waals surface area contributed by atoms with Crippen LogP contribution in [0.25, 0.3) is 0 Å². The lowest BCUT2D eigenvalue weighted by molar-refractivity contribution is -0.162. The number of carbonyl (C=O) groups is 2. The zero-order valence-corrected chi connectivity index (χ0v) is 12.6. The highest BCUT2D eigenvalue weighted by Crippen LogP contribution is 2.17. The molecule has 2 rings (SSSR count). The van der Waals surface area contributed by atoms with Crippen molar-refractivity contribution in [3.8, 4) is 0 Å². The van der Waals surface area contributed by atoms with Gasteiger partial charge in [-0.25, -0.2) is 4.79 Å². The number of benzene rings is 1. The van der Waals surface area contributed by atoms with E-state index in [4.69, 9.17) is 9.47 Å². The van der Waals surface area contributed by atoms with Gasteiger partial charge >= 0.3 is 5.97 Å². The van der Waals surface area contributed by atoms with Gasteiger partial charge in [0, 0.05) is 12.3 Å². The molecule has 0 aromatic heterocycles. The number of esters is 1. The molecule has 21 heavy (non-hydrogen) atoms. The Morgan fingerprint density at radius 3 is 2.76 bits per heavy atom.